The summed E-state index contributed by atoms with van der Waals surface area (Å²) >= 11 is 0. The topological polar surface area (TPSA) is 57.7 Å². The molecule has 1 unspecified atom stereocenters. The van der Waals surface area contributed by atoms with Crippen LogP contribution in [0.3, 0.4) is 0 Å². The Bertz CT molecular complexity index is 1150. The van der Waals surface area contributed by atoms with Crippen molar-refractivity contribution in [2.75, 3.05) is 13.2 Å². The predicted octanol–water partition coefficient (Wildman–Crippen LogP) is 8.81. The summed E-state index contributed by atoms with van der Waals surface area (Å²) in [7, 11) is 0. The number of rotatable bonds is 16. The smallest absolute Gasteiger partial charge is 0.425 e. The lowest BCUT2D eigenvalue weighted by Gasteiger charge is -2.19. The highest BCUT2D eigenvalue weighted by molar-refractivity contribution is 5.78. The van der Waals surface area contributed by atoms with E-state index in [2.05, 4.69) is 11.9 Å². The van der Waals surface area contributed by atoms with Crippen LogP contribution in [-0.4, -0.2) is 36.4 Å². The Kier molecular flexibility index (Phi) is 12.5. The molecule has 0 aliphatic rings. The van der Waals surface area contributed by atoms with Gasteiger partial charge in [-0.05, 0) is 60.9 Å². The van der Waals surface area contributed by atoms with Crippen molar-refractivity contribution in [1.29, 1.82) is 0 Å². The van der Waals surface area contributed by atoms with Crippen LogP contribution in [0.4, 0.5) is 13.2 Å². The first-order chi connectivity index (χ1) is 19.3. The number of hydrogen-bond donors (Lipinski definition) is 0. The molecule has 0 N–H and O–H groups in total. The molecule has 3 rings (SSSR count). The summed E-state index contributed by atoms with van der Waals surface area (Å²) in [5.41, 5.74) is 3.36. The number of hydrogen-bond acceptors (Lipinski definition) is 5. The molecule has 2 aromatic carbocycles. The van der Waals surface area contributed by atoms with E-state index in [1.807, 2.05) is 43.3 Å². The van der Waals surface area contributed by atoms with Crippen LogP contribution < -0.4 is 9.47 Å². The molecule has 0 spiro atoms. The Hall–Kier alpha value is -3.39. The minimum absolute atomic E-state index is 0.00507. The Balaban J connectivity index is 1.53. The number of pyridine rings is 1. The van der Waals surface area contributed by atoms with Gasteiger partial charge in [0.05, 0.1) is 12.3 Å². The normalized spacial score (nSPS) is 12.2. The zero-order valence-corrected chi connectivity index (χ0v) is 23.2. The molecule has 0 amide bonds. The van der Waals surface area contributed by atoms with Crippen molar-refractivity contribution >= 4 is 5.97 Å². The van der Waals surface area contributed by atoms with Crippen molar-refractivity contribution in [3.05, 3.63) is 66.9 Å². The highest BCUT2D eigenvalue weighted by Crippen LogP contribution is 2.28. The number of nitrogens with zero attached hydrogens (tertiary/aromatic N) is 1. The third-order valence-electron chi connectivity index (χ3n) is 6.38. The van der Waals surface area contributed by atoms with E-state index < -0.39 is 18.2 Å². The number of ether oxygens (including phenoxy) is 3. The molecule has 0 saturated heterocycles. The molecule has 0 bridgehead atoms. The number of unbranched alkanes of at least 4 members (excludes halogenated alkanes) is 6. The van der Waals surface area contributed by atoms with Gasteiger partial charge in [-0.3, -0.25) is 4.98 Å². The average Bonchev–Trinajstić information content (AvgIpc) is 2.95. The maximum absolute atomic E-state index is 13.2. The quantitative estimate of drug-likeness (QED) is 0.100. The lowest BCUT2D eigenvalue weighted by molar-refractivity contribution is -0.225. The molecule has 216 valence electrons. The van der Waals surface area contributed by atoms with Crippen LogP contribution in [0.5, 0.6) is 11.5 Å². The SMILES string of the molecule is CCCCCCCCOc1ccc(-c2ccc(-c3ccc(OC(=O)C(OCCCC)C(F)(F)F)cc3)cn2)cc1. The van der Waals surface area contributed by atoms with Crippen molar-refractivity contribution in [2.45, 2.75) is 77.5 Å². The molecule has 1 atom stereocenters. The van der Waals surface area contributed by atoms with E-state index in [4.69, 9.17) is 14.2 Å². The fraction of sp³-hybridized carbons (Fsp3) is 0.438. The van der Waals surface area contributed by atoms with Crippen LogP contribution in [0, 0.1) is 0 Å². The number of halogens is 3. The van der Waals surface area contributed by atoms with Crippen molar-refractivity contribution in [2.24, 2.45) is 0 Å². The Labute approximate surface area is 234 Å². The lowest BCUT2D eigenvalue weighted by Crippen LogP contribution is -2.41. The van der Waals surface area contributed by atoms with E-state index in [9.17, 15) is 18.0 Å². The number of benzene rings is 2. The van der Waals surface area contributed by atoms with Gasteiger partial charge in [0.15, 0.2) is 0 Å². The van der Waals surface area contributed by atoms with Crippen molar-refractivity contribution in [1.82, 2.24) is 4.98 Å². The fourth-order valence-electron chi connectivity index (χ4n) is 4.06. The lowest BCUT2D eigenvalue weighted by atomic mass is 10.1. The van der Waals surface area contributed by atoms with Gasteiger partial charge in [0.2, 0.25) is 0 Å². The molecule has 0 saturated carbocycles. The van der Waals surface area contributed by atoms with Crippen molar-refractivity contribution in [3.8, 4) is 33.9 Å². The molecule has 1 aromatic heterocycles. The van der Waals surface area contributed by atoms with Gasteiger partial charge in [-0.1, -0.05) is 70.6 Å². The van der Waals surface area contributed by atoms with Crippen LogP contribution in [0.25, 0.3) is 22.4 Å². The average molecular weight is 558 g/mol. The standard InChI is InChI=1S/C32H38F3NO4/c1-3-5-7-8-9-10-22-38-27-16-13-25(14-17-27)29-20-15-26(23-36-29)24-11-18-28(19-12-24)40-31(37)30(32(33,34)35)39-21-6-4-2/h11-20,23,30H,3-10,21-22H2,1-2H3. The molecule has 0 radical (unpaired) electrons. The molecule has 40 heavy (non-hydrogen) atoms. The Morgan fingerprint density at radius 2 is 1.32 bits per heavy atom. The molecule has 5 nitrogen and oxygen atoms in total. The van der Waals surface area contributed by atoms with Crippen LogP contribution in [0.15, 0.2) is 66.9 Å². The zero-order chi connectivity index (χ0) is 28.8. The Morgan fingerprint density at radius 1 is 0.725 bits per heavy atom. The maximum atomic E-state index is 13.2. The summed E-state index contributed by atoms with van der Waals surface area (Å²) in [6.07, 6.45) is 2.66. The number of esters is 1. The molecule has 0 aliphatic carbocycles. The van der Waals surface area contributed by atoms with Gasteiger partial charge < -0.3 is 14.2 Å². The minimum atomic E-state index is -4.85. The zero-order valence-electron chi connectivity index (χ0n) is 23.2. The minimum Gasteiger partial charge on any atom is -0.494 e. The second-order valence-corrected chi connectivity index (χ2v) is 9.66. The third kappa shape index (κ3) is 9.97. The Morgan fingerprint density at radius 3 is 1.95 bits per heavy atom. The first-order valence-electron chi connectivity index (χ1n) is 14.0. The number of aromatic nitrogens is 1. The second-order valence-electron chi connectivity index (χ2n) is 9.66. The first-order valence-corrected chi connectivity index (χ1v) is 14.0. The summed E-state index contributed by atoms with van der Waals surface area (Å²) in [4.78, 5) is 16.7. The number of alkyl halides is 3. The molecule has 8 heteroatoms. The molecule has 1 heterocycles. The fourth-order valence-corrected chi connectivity index (χ4v) is 4.06. The van der Waals surface area contributed by atoms with Gasteiger partial charge in [-0.2, -0.15) is 13.2 Å². The highest BCUT2D eigenvalue weighted by atomic mass is 19.4. The van der Waals surface area contributed by atoms with Gasteiger partial charge in [0, 0.05) is 23.9 Å². The van der Waals surface area contributed by atoms with E-state index in [1.54, 1.807) is 18.3 Å². The number of carbonyl (C=O) groups is 1. The van der Waals surface area contributed by atoms with E-state index in [-0.39, 0.29) is 12.4 Å². The highest BCUT2D eigenvalue weighted by Gasteiger charge is 2.47. The van der Waals surface area contributed by atoms with Crippen LogP contribution in [0.2, 0.25) is 0 Å². The van der Waals surface area contributed by atoms with Gasteiger partial charge in [-0.25, -0.2) is 4.79 Å². The van der Waals surface area contributed by atoms with E-state index >= 15 is 0 Å². The summed E-state index contributed by atoms with van der Waals surface area (Å²) in [5, 5.41) is 0. The van der Waals surface area contributed by atoms with Gasteiger partial charge in [0.1, 0.15) is 11.5 Å². The summed E-state index contributed by atoms with van der Waals surface area (Å²) < 4.78 is 55.2. The molecular formula is C32H38F3NO4. The predicted molar refractivity (Wildman–Crippen MR) is 150 cm³/mol. The van der Waals surface area contributed by atoms with E-state index in [0.717, 1.165) is 34.6 Å². The largest absolute Gasteiger partial charge is 0.494 e. The van der Waals surface area contributed by atoms with Gasteiger partial charge in [0.25, 0.3) is 6.10 Å². The summed E-state index contributed by atoms with van der Waals surface area (Å²) in [5.74, 6) is -0.643. The van der Waals surface area contributed by atoms with Crippen molar-refractivity contribution in [3.63, 3.8) is 0 Å². The maximum Gasteiger partial charge on any atom is 0.425 e. The van der Waals surface area contributed by atoms with Crippen molar-refractivity contribution < 1.29 is 32.2 Å². The second kappa shape index (κ2) is 16.0. The molecule has 0 fully saturated rings. The monoisotopic (exact) mass is 557 g/mol. The van der Waals surface area contributed by atoms with E-state index in [0.29, 0.717) is 19.4 Å². The van der Waals surface area contributed by atoms with Gasteiger partial charge in [-0.15, -0.1) is 0 Å². The molecular weight excluding hydrogens is 519 g/mol. The summed E-state index contributed by atoms with van der Waals surface area (Å²) in [6, 6.07) is 17.9. The molecule has 3 aromatic rings. The van der Waals surface area contributed by atoms with Gasteiger partial charge >= 0.3 is 12.1 Å². The van der Waals surface area contributed by atoms with Crippen LogP contribution in [-0.2, 0) is 9.53 Å². The first kappa shape index (κ1) is 31.1. The van der Waals surface area contributed by atoms with Crippen LogP contribution in [0.1, 0.15) is 65.2 Å². The molecule has 0 aliphatic heterocycles. The summed E-state index contributed by atoms with van der Waals surface area (Å²) in [6.45, 7) is 4.58. The van der Waals surface area contributed by atoms with E-state index in [1.165, 1.54) is 44.2 Å². The third-order valence-corrected chi connectivity index (χ3v) is 6.38. The number of carbonyl (C=O) groups excluding carboxylic acids is 1. The van der Waals surface area contributed by atoms with Crippen LogP contribution >= 0.6 is 0 Å².